The van der Waals surface area contributed by atoms with E-state index in [1.165, 1.54) is 0 Å². The Balaban J connectivity index is 2.01. The lowest BCUT2D eigenvalue weighted by Crippen LogP contribution is -2.46. The number of hydrogen-bond acceptors (Lipinski definition) is 3. The first-order chi connectivity index (χ1) is 8.81. The van der Waals surface area contributed by atoms with Crippen molar-refractivity contribution in [2.45, 2.75) is 13.2 Å². The van der Waals surface area contributed by atoms with Gasteiger partial charge >= 0.3 is 7.05 Å². The molecule has 0 atom stereocenters. The van der Waals surface area contributed by atoms with Crippen LogP contribution in [0.4, 0.5) is 0 Å². The van der Waals surface area contributed by atoms with Crippen molar-refractivity contribution in [3.63, 3.8) is 0 Å². The summed E-state index contributed by atoms with van der Waals surface area (Å²) in [5, 5.41) is 22.3. The van der Waals surface area contributed by atoms with Crippen molar-refractivity contribution in [3.05, 3.63) is 65.7 Å². The maximum absolute atomic E-state index is 10.1. The van der Waals surface area contributed by atoms with Crippen molar-refractivity contribution in [1.29, 1.82) is 0 Å². The van der Waals surface area contributed by atoms with Crippen molar-refractivity contribution in [1.82, 2.24) is 5.23 Å². The highest BCUT2D eigenvalue weighted by atomic mass is 16.3. The maximum Gasteiger partial charge on any atom is 0.413 e. The molecule has 2 aromatic carbocycles. The minimum atomic E-state index is -0.770. The number of aliphatic hydroxyl groups excluding tert-OH is 1. The Morgan fingerprint density at radius 3 is 2.33 bits per heavy atom. The lowest BCUT2D eigenvalue weighted by molar-refractivity contribution is 0.282. The van der Waals surface area contributed by atoms with E-state index in [0.717, 1.165) is 16.6 Å². The smallest absolute Gasteiger partial charge is 0.413 e. The van der Waals surface area contributed by atoms with Crippen LogP contribution in [-0.4, -0.2) is 17.2 Å². The van der Waals surface area contributed by atoms with E-state index in [9.17, 15) is 10.1 Å². The Hall–Kier alpha value is -1.62. The van der Waals surface area contributed by atoms with Gasteiger partial charge in [-0.3, -0.25) is 0 Å². The molecule has 3 nitrogen and oxygen atoms in total. The SMILES string of the molecule is OCc1ccccc1B(O)NCc1ccccc1. The van der Waals surface area contributed by atoms with Gasteiger partial charge in [0.1, 0.15) is 0 Å². The Morgan fingerprint density at radius 1 is 0.944 bits per heavy atom. The Morgan fingerprint density at radius 2 is 1.61 bits per heavy atom. The molecule has 0 amide bonds. The highest BCUT2D eigenvalue weighted by molar-refractivity contribution is 6.64. The number of hydrogen-bond donors (Lipinski definition) is 3. The molecule has 0 saturated heterocycles. The maximum atomic E-state index is 10.1. The van der Waals surface area contributed by atoms with Gasteiger partial charge in [-0.05, 0) is 16.6 Å². The van der Waals surface area contributed by atoms with Gasteiger partial charge in [-0.15, -0.1) is 0 Å². The fourth-order valence-electron chi connectivity index (χ4n) is 1.87. The molecule has 0 aliphatic heterocycles. The number of rotatable bonds is 5. The first-order valence-corrected chi connectivity index (χ1v) is 5.95. The highest BCUT2D eigenvalue weighted by Crippen LogP contribution is 1.99. The van der Waals surface area contributed by atoms with Gasteiger partial charge in [0.05, 0.1) is 6.61 Å². The minimum absolute atomic E-state index is 0.0692. The largest absolute Gasteiger partial charge is 0.433 e. The van der Waals surface area contributed by atoms with Crippen molar-refractivity contribution >= 4 is 12.5 Å². The fraction of sp³-hybridized carbons (Fsp3) is 0.143. The molecule has 0 spiro atoms. The van der Waals surface area contributed by atoms with Crippen LogP contribution in [0.15, 0.2) is 54.6 Å². The summed E-state index contributed by atoms with van der Waals surface area (Å²) in [6, 6.07) is 17.2. The van der Waals surface area contributed by atoms with Crippen molar-refractivity contribution < 1.29 is 10.1 Å². The molecular weight excluding hydrogens is 225 g/mol. The second-order valence-electron chi connectivity index (χ2n) is 4.13. The average Bonchev–Trinajstić information content (AvgIpc) is 2.45. The van der Waals surface area contributed by atoms with E-state index in [1.807, 2.05) is 54.6 Å². The summed E-state index contributed by atoms with van der Waals surface area (Å²) in [5.74, 6) is 0. The van der Waals surface area contributed by atoms with E-state index in [2.05, 4.69) is 5.23 Å². The van der Waals surface area contributed by atoms with Crippen LogP contribution in [0.2, 0.25) is 0 Å². The molecule has 2 rings (SSSR count). The first kappa shape index (κ1) is 12.8. The van der Waals surface area contributed by atoms with Crippen LogP contribution in [0, 0.1) is 0 Å². The Bertz CT molecular complexity index is 490. The van der Waals surface area contributed by atoms with Gasteiger partial charge in [-0.1, -0.05) is 54.6 Å². The summed E-state index contributed by atoms with van der Waals surface area (Å²) < 4.78 is 0. The Kier molecular flexibility index (Phi) is 4.53. The second-order valence-corrected chi connectivity index (χ2v) is 4.13. The molecule has 92 valence electrons. The minimum Gasteiger partial charge on any atom is -0.433 e. The third-order valence-corrected chi connectivity index (χ3v) is 2.86. The van der Waals surface area contributed by atoms with Gasteiger partial charge in [-0.2, -0.15) is 0 Å². The molecule has 0 fully saturated rings. The van der Waals surface area contributed by atoms with Crippen LogP contribution in [0.25, 0.3) is 0 Å². The molecule has 0 unspecified atom stereocenters. The zero-order chi connectivity index (χ0) is 12.8. The van der Waals surface area contributed by atoms with E-state index in [1.54, 1.807) is 0 Å². The molecule has 0 aliphatic rings. The molecule has 0 radical (unpaired) electrons. The van der Waals surface area contributed by atoms with E-state index in [0.29, 0.717) is 6.54 Å². The summed E-state index contributed by atoms with van der Waals surface area (Å²) in [7, 11) is -0.770. The van der Waals surface area contributed by atoms with Crippen LogP contribution in [0.5, 0.6) is 0 Å². The topological polar surface area (TPSA) is 52.5 Å². The zero-order valence-electron chi connectivity index (χ0n) is 10.1. The van der Waals surface area contributed by atoms with Gasteiger partial charge in [0, 0.05) is 6.54 Å². The van der Waals surface area contributed by atoms with Crippen molar-refractivity contribution in [2.75, 3.05) is 0 Å². The van der Waals surface area contributed by atoms with Gasteiger partial charge in [-0.25, -0.2) is 0 Å². The van der Waals surface area contributed by atoms with Crippen LogP contribution in [-0.2, 0) is 13.2 Å². The Labute approximate surface area is 107 Å². The van der Waals surface area contributed by atoms with Gasteiger partial charge in [0.25, 0.3) is 0 Å². The number of nitrogens with one attached hydrogen (secondary N) is 1. The molecule has 18 heavy (non-hydrogen) atoms. The summed E-state index contributed by atoms with van der Waals surface area (Å²) in [6.07, 6.45) is 0. The van der Waals surface area contributed by atoms with Gasteiger partial charge in [0.2, 0.25) is 0 Å². The van der Waals surface area contributed by atoms with Gasteiger partial charge in [0.15, 0.2) is 0 Å². The van der Waals surface area contributed by atoms with Crippen LogP contribution in [0.3, 0.4) is 0 Å². The van der Waals surface area contributed by atoms with E-state index >= 15 is 0 Å². The molecule has 3 N–H and O–H groups in total. The first-order valence-electron chi connectivity index (χ1n) is 5.95. The summed E-state index contributed by atoms with van der Waals surface area (Å²) in [5.41, 5.74) is 2.57. The second kappa shape index (κ2) is 6.35. The van der Waals surface area contributed by atoms with E-state index in [4.69, 9.17) is 0 Å². The predicted molar refractivity (Wildman–Crippen MR) is 73.3 cm³/mol. The van der Waals surface area contributed by atoms with E-state index in [-0.39, 0.29) is 6.61 Å². The summed E-state index contributed by atoms with van der Waals surface area (Å²) in [6.45, 7) is 0.516. The molecule has 2 aromatic rings. The third kappa shape index (κ3) is 3.20. The lowest BCUT2D eigenvalue weighted by atomic mass is 9.71. The van der Waals surface area contributed by atoms with Crippen molar-refractivity contribution in [3.8, 4) is 0 Å². The number of aliphatic hydroxyl groups is 1. The lowest BCUT2D eigenvalue weighted by Gasteiger charge is -2.12. The van der Waals surface area contributed by atoms with Crippen molar-refractivity contribution in [2.24, 2.45) is 0 Å². The normalized spacial score (nSPS) is 10.3. The quantitative estimate of drug-likeness (QED) is 0.674. The predicted octanol–water partition coefficient (Wildman–Crippen LogP) is 0.656. The van der Waals surface area contributed by atoms with Crippen LogP contribution >= 0.6 is 0 Å². The average molecular weight is 241 g/mol. The van der Waals surface area contributed by atoms with Crippen LogP contribution in [0.1, 0.15) is 11.1 Å². The monoisotopic (exact) mass is 241 g/mol. The summed E-state index contributed by atoms with van der Waals surface area (Å²) >= 11 is 0. The molecule has 0 heterocycles. The van der Waals surface area contributed by atoms with Gasteiger partial charge < -0.3 is 15.4 Å². The molecule has 0 saturated carbocycles. The summed E-state index contributed by atoms with van der Waals surface area (Å²) in [4.78, 5) is 0. The molecule has 0 bridgehead atoms. The highest BCUT2D eigenvalue weighted by Gasteiger charge is 2.16. The standard InChI is InChI=1S/C14H16BNO2/c17-11-13-8-4-5-9-14(13)15(18)16-10-12-6-2-1-3-7-12/h1-9,16-18H,10-11H2. The van der Waals surface area contributed by atoms with Crippen LogP contribution < -0.4 is 10.7 Å². The molecule has 4 heteroatoms. The molecular formula is C14H16BNO2. The zero-order valence-corrected chi connectivity index (χ0v) is 10.1. The molecule has 0 aromatic heterocycles. The number of benzene rings is 2. The molecule has 0 aliphatic carbocycles. The fourth-order valence-corrected chi connectivity index (χ4v) is 1.87. The van der Waals surface area contributed by atoms with E-state index < -0.39 is 7.05 Å². The third-order valence-electron chi connectivity index (χ3n) is 2.86.